The van der Waals surface area contributed by atoms with Gasteiger partial charge in [-0.15, -0.1) is 0 Å². The summed E-state index contributed by atoms with van der Waals surface area (Å²) in [5.74, 6) is 0.879. The monoisotopic (exact) mass is 358 g/mol. The molecule has 1 fully saturated rings. The summed E-state index contributed by atoms with van der Waals surface area (Å²) in [5, 5.41) is 1.15. The van der Waals surface area contributed by atoms with Crippen LogP contribution in [0.25, 0.3) is 10.9 Å². The van der Waals surface area contributed by atoms with Crippen LogP contribution in [0.4, 0.5) is 5.69 Å². The van der Waals surface area contributed by atoms with E-state index >= 15 is 0 Å². The highest BCUT2D eigenvalue weighted by Crippen LogP contribution is 2.32. The topological polar surface area (TPSA) is 38.5 Å². The van der Waals surface area contributed by atoms with Crippen LogP contribution in [0, 0.1) is 0 Å². The third kappa shape index (κ3) is 2.51. The summed E-state index contributed by atoms with van der Waals surface area (Å²) < 4.78 is 12.4. The first-order valence-corrected chi connectivity index (χ1v) is 8.05. The maximum atomic E-state index is 5.85. The van der Waals surface area contributed by atoms with Crippen molar-refractivity contribution in [2.75, 3.05) is 24.6 Å². The Morgan fingerprint density at radius 1 is 1.23 bits per heavy atom. The standard InChI is InChI=1S/C17H15BrN2O2/c18-12-3-4-14-13(10-12)15(5-6-19-14)20-7-9-22-17(11-20)16-2-1-8-21-16/h1-6,8,10,17H,7,9,11H2. The van der Waals surface area contributed by atoms with Gasteiger partial charge < -0.3 is 14.1 Å². The Bertz CT molecular complexity index is 788. The predicted octanol–water partition coefficient (Wildman–Crippen LogP) is 4.17. The summed E-state index contributed by atoms with van der Waals surface area (Å²) in [6.45, 7) is 2.32. The van der Waals surface area contributed by atoms with Gasteiger partial charge in [-0.05, 0) is 36.4 Å². The molecule has 1 aliphatic heterocycles. The second-order valence-corrected chi connectivity index (χ2v) is 6.23. The molecular formula is C17H15BrN2O2. The average Bonchev–Trinajstić information content (AvgIpc) is 3.09. The minimum absolute atomic E-state index is 0.0286. The summed E-state index contributed by atoms with van der Waals surface area (Å²) in [6.07, 6.45) is 3.53. The molecule has 0 spiro atoms. The van der Waals surface area contributed by atoms with Crippen LogP contribution in [0.1, 0.15) is 11.9 Å². The van der Waals surface area contributed by atoms with E-state index in [1.165, 1.54) is 5.69 Å². The van der Waals surface area contributed by atoms with Crippen LogP contribution >= 0.6 is 15.9 Å². The number of furan rings is 1. The molecule has 0 saturated carbocycles. The van der Waals surface area contributed by atoms with Crippen LogP contribution in [0.5, 0.6) is 0 Å². The van der Waals surface area contributed by atoms with Crippen molar-refractivity contribution < 1.29 is 9.15 Å². The molecule has 1 unspecified atom stereocenters. The van der Waals surface area contributed by atoms with Gasteiger partial charge in [0.25, 0.3) is 0 Å². The minimum atomic E-state index is -0.0286. The number of ether oxygens (including phenoxy) is 1. The molecule has 1 aromatic carbocycles. The molecule has 0 radical (unpaired) electrons. The SMILES string of the molecule is Brc1ccc2nccc(N3CCOC(c4ccco4)C3)c2c1. The molecule has 0 N–H and O–H groups in total. The van der Waals surface area contributed by atoms with E-state index in [1.54, 1.807) is 6.26 Å². The van der Waals surface area contributed by atoms with Gasteiger partial charge in [-0.3, -0.25) is 4.98 Å². The molecule has 112 valence electrons. The molecule has 4 nitrogen and oxygen atoms in total. The van der Waals surface area contributed by atoms with Gasteiger partial charge in [0.2, 0.25) is 0 Å². The molecule has 3 aromatic rings. The maximum Gasteiger partial charge on any atom is 0.134 e. The van der Waals surface area contributed by atoms with E-state index in [2.05, 4.69) is 37.9 Å². The van der Waals surface area contributed by atoms with Gasteiger partial charge >= 0.3 is 0 Å². The van der Waals surface area contributed by atoms with E-state index in [-0.39, 0.29) is 6.10 Å². The summed E-state index contributed by atoms with van der Waals surface area (Å²) in [7, 11) is 0. The molecule has 1 saturated heterocycles. The second-order valence-electron chi connectivity index (χ2n) is 5.31. The summed E-state index contributed by atoms with van der Waals surface area (Å²) in [6, 6.07) is 12.1. The Hall–Kier alpha value is -1.85. The van der Waals surface area contributed by atoms with Gasteiger partial charge in [0, 0.05) is 28.3 Å². The Labute approximate surface area is 136 Å². The molecular weight excluding hydrogens is 344 g/mol. The van der Waals surface area contributed by atoms with Crippen LogP contribution in [-0.4, -0.2) is 24.7 Å². The van der Waals surface area contributed by atoms with Gasteiger partial charge in [0.15, 0.2) is 0 Å². The lowest BCUT2D eigenvalue weighted by Gasteiger charge is -2.34. The van der Waals surface area contributed by atoms with Gasteiger partial charge in [0.1, 0.15) is 11.9 Å². The highest BCUT2D eigenvalue weighted by atomic mass is 79.9. The molecule has 22 heavy (non-hydrogen) atoms. The number of morpholine rings is 1. The maximum absolute atomic E-state index is 5.85. The largest absolute Gasteiger partial charge is 0.467 e. The number of hydrogen-bond acceptors (Lipinski definition) is 4. The van der Waals surface area contributed by atoms with Crippen molar-refractivity contribution in [2.45, 2.75) is 6.10 Å². The van der Waals surface area contributed by atoms with Crippen molar-refractivity contribution in [3.8, 4) is 0 Å². The predicted molar refractivity (Wildman–Crippen MR) is 89.1 cm³/mol. The fraction of sp³-hybridized carbons (Fsp3) is 0.235. The fourth-order valence-electron chi connectivity index (χ4n) is 2.89. The number of hydrogen-bond donors (Lipinski definition) is 0. The third-order valence-electron chi connectivity index (χ3n) is 3.95. The number of benzene rings is 1. The number of halogens is 1. The second kappa shape index (κ2) is 5.74. The highest BCUT2D eigenvalue weighted by Gasteiger charge is 2.25. The molecule has 3 heterocycles. The van der Waals surface area contributed by atoms with Crippen LogP contribution in [0.15, 0.2) is 57.7 Å². The van der Waals surface area contributed by atoms with Crippen molar-refractivity contribution in [3.63, 3.8) is 0 Å². The van der Waals surface area contributed by atoms with Gasteiger partial charge in [-0.2, -0.15) is 0 Å². The Morgan fingerprint density at radius 2 is 2.18 bits per heavy atom. The van der Waals surface area contributed by atoms with Crippen LogP contribution < -0.4 is 4.90 Å². The first-order chi connectivity index (χ1) is 10.8. The number of aromatic nitrogens is 1. The lowest BCUT2D eigenvalue weighted by Crippen LogP contribution is -2.38. The smallest absolute Gasteiger partial charge is 0.134 e. The Morgan fingerprint density at radius 3 is 3.05 bits per heavy atom. The number of nitrogens with zero attached hydrogens (tertiary/aromatic N) is 2. The Kier molecular flexibility index (Phi) is 3.60. The summed E-state index contributed by atoms with van der Waals surface area (Å²) in [5.41, 5.74) is 2.19. The van der Waals surface area contributed by atoms with E-state index in [1.807, 2.05) is 30.5 Å². The molecule has 4 rings (SSSR count). The van der Waals surface area contributed by atoms with Crippen LogP contribution in [0.2, 0.25) is 0 Å². The molecule has 5 heteroatoms. The minimum Gasteiger partial charge on any atom is -0.467 e. The molecule has 0 aliphatic carbocycles. The van der Waals surface area contributed by atoms with Crippen molar-refractivity contribution in [2.24, 2.45) is 0 Å². The number of fused-ring (bicyclic) bond motifs is 1. The van der Waals surface area contributed by atoms with E-state index in [0.717, 1.165) is 34.2 Å². The zero-order chi connectivity index (χ0) is 14.9. The molecule has 1 aliphatic rings. The molecule has 0 bridgehead atoms. The summed E-state index contributed by atoms with van der Waals surface area (Å²) >= 11 is 3.55. The van der Waals surface area contributed by atoms with Gasteiger partial charge in [-0.25, -0.2) is 0 Å². The zero-order valence-electron chi connectivity index (χ0n) is 11.9. The van der Waals surface area contributed by atoms with Crippen molar-refractivity contribution in [1.29, 1.82) is 0 Å². The highest BCUT2D eigenvalue weighted by molar-refractivity contribution is 9.10. The molecule has 1 atom stereocenters. The first-order valence-electron chi connectivity index (χ1n) is 7.25. The van der Waals surface area contributed by atoms with Gasteiger partial charge in [0.05, 0.1) is 24.9 Å². The van der Waals surface area contributed by atoms with Crippen LogP contribution in [0.3, 0.4) is 0 Å². The van der Waals surface area contributed by atoms with E-state index in [4.69, 9.17) is 9.15 Å². The third-order valence-corrected chi connectivity index (χ3v) is 4.44. The summed E-state index contributed by atoms with van der Waals surface area (Å²) in [4.78, 5) is 6.79. The number of pyridine rings is 1. The van der Waals surface area contributed by atoms with E-state index in [9.17, 15) is 0 Å². The number of anilines is 1. The first kappa shape index (κ1) is 13.8. The lowest BCUT2D eigenvalue weighted by molar-refractivity contribution is 0.0258. The zero-order valence-corrected chi connectivity index (χ0v) is 13.5. The molecule has 2 aromatic heterocycles. The van der Waals surface area contributed by atoms with Crippen molar-refractivity contribution in [1.82, 2.24) is 4.98 Å². The Balaban J connectivity index is 1.70. The normalized spacial score (nSPS) is 18.8. The fourth-order valence-corrected chi connectivity index (χ4v) is 3.26. The van der Waals surface area contributed by atoms with E-state index < -0.39 is 0 Å². The van der Waals surface area contributed by atoms with Crippen molar-refractivity contribution in [3.05, 3.63) is 59.1 Å². The lowest BCUT2D eigenvalue weighted by atomic mass is 10.1. The van der Waals surface area contributed by atoms with Gasteiger partial charge in [-0.1, -0.05) is 15.9 Å². The number of rotatable bonds is 2. The van der Waals surface area contributed by atoms with Crippen molar-refractivity contribution >= 4 is 32.5 Å². The van der Waals surface area contributed by atoms with Crippen LogP contribution in [-0.2, 0) is 4.74 Å². The van der Waals surface area contributed by atoms with E-state index in [0.29, 0.717) is 6.61 Å². The average molecular weight is 359 g/mol. The molecule has 0 amide bonds. The quantitative estimate of drug-likeness (QED) is 0.689.